The Morgan fingerprint density at radius 1 is 1.40 bits per heavy atom. The van der Waals surface area contributed by atoms with Gasteiger partial charge in [-0.2, -0.15) is 0 Å². The number of benzene rings is 1. The Hall–Kier alpha value is -0.540. The highest BCUT2D eigenvalue weighted by molar-refractivity contribution is 9.10. The summed E-state index contributed by atoms with van der Waals surface area (Å²) in [4.78, 5) is 0. The van der Waals surface area contributed by atoms with Crippen LogP contribution in [0.2, 0.25) is 0 Å². The van der Waals surface area contributed by atoms with Gasteiger partial charge < -0.3 is 10.4 Å². The van der Waals surface area contributed by atoms with Gasteiger partial charge in [0.25, 0.3) is 0 Å². The molecule has 1 atom stereocenters. The summed E-state index contributed by atoms with van der Waals surface area (Å²) in [6.45, 7) is 5.17. The van der Waals surface area contributed by atoms with E-state index in [1.54, 1.807) is 0 Å². The summed E-state index contributed by atoms with van der Waals surface area (Å²) < 4.78 is 1.06. The number of anilines is 1. The van der Waals surface area contributed by atoms with Crippen molar-refractivity contribution in [2.45, 2.75) is 20.3 Å². The van der Waals surface area contributed by atoms with Gasteiger partial charge in [0.05, 0.1) is 6.61 Å². The molecule has 1 unspecified atom stereocenters. The molecule has 0 aliphatic rings. The number of hydrogen-bond donors (Lipinski definition) is 2. The van der Waals surface area contributed by atoms with Crippen molar-refractivity contribution in [2.24, 2.45) is 5.41 Å². The van der Waals surface area contributed by atoms with Gasteiger partial charge in [0, 0.05) is 22.1 Å². The molecule has 0 saturated heterocycles. The maximum Gasteiger partial charge on any atom is 0.0501 e. The number of hydrogen-bond acceptors (Lipinski definition) is 2. The molecule has 15 heavy (non-hydrogen) atoms. The molecule has 0 spiro atoms. The highest BCUT2D eigenvalue weighted by atomic mass is 79.9. The zero-order valence-corrected chi connectivity index (χ0v) is 10.8. The Kier molecular flexibility index (Phi) is 4.61. The van der Waals surface area contributed by atoms with E-state index in [1.807, 2.05) is 24.3 Å². The molecule has 0 saturated carbocycles. The second-order valence-electron chi connectivity index (χ2n) is 4.16. The Labute approximate surface area is 99.8 Å². The molecule has 0 radical (unpaired) electrons. The minimum Gasteiger partial charge on any atom is -0.396 e. The second kappa shape index (κ2) is 5.52. The quantitative estimate of drug-likeness (QED) is 0.862. The van der Waals surface area contributed by atoms with E-state index in [9.17, 15) is 5.11 Å². The summed E-state index contributed by atoms with van der Waals surface area (Å²) in [5.74, 6) is 0. The molecular formula is C12H18BrNO. The van der Waals surface area contributed by atoms with Gasteiger partial charge >= 0.3 is 0 Å². The fourth-order valence-corrected chi connectivity index (χ4v) is 1.63. The molecule has 1 rings (SSSR count). The van der Waals surface area contributed by atoms with Crippen molar-refractivity contribution in [2.75, 3.05) is 18.5 Å². The fourth-order valence-electron chi connectivity index (χ4n) is 1.21. The van der Waals surface area contributed by atoms with Crippen LogP contribution in [0.1, 0.15) is 20.3 Å². The molecule has 2 N–H and O–H groups in total. The highest BCUT2D eigenvalue weighted by Crippen LogP contribution is 2.25. The van der Waals surface area contributed by atoms with Crippen LogP contribution >= 0.6 is 15.9 Å². The molecule has 0 heterocycles. The lowest BCUT2D eigenvalue weighted by molar-refractivity contribution is 0.149. The molecule has 1 aromatic carbocycles. The lowest BCUT2D eigenvalue weighted by atomic mass is 9.88. The number of aliphatic hydroxyl groups is 1. The van der Waals surface area contributed by atoms with Crippen LogP contribution in [0.4, 0.5) is 5.69 Å². The predicted octanol–water partition coefficient (Wildman–Crippen LogP) is 3.27. The largest absolute Gasteiger partial charge is 0.396 e. The van der Waals surface area contributed by atoms with Gasteiger partial charge in [-0.1, -0.05) is 26.0 Å². The minimum absolute atomic E-state index is 0.0463. The van der Waals surface area contributed by atoms with E-state index in [2.05, 4.69) is 35.1 Å². The molecule has 0 amide bonds. The number of rotatable bonds is 5. The third-order valence-electron chi connectivity index (χ3n) is 2.81. The summed E-state index contributed by atoms with van der Waals surface area (Å²) in [5, 5.41) is 12.6. The lowest BCUT2D eigenvalue weighted by Crippen LogP contribution is -2.29. The summed E-state index contributed by atoms with van der Waals surface area (Å²) in [7, 11) is 0. The van der Waals surface area contributed by atoms with Crippen LogP contribution in [-0.2, 0) is 0 Å². The Morgan fingerprint density at radius 2 is 2.07 bits per heavy atom. The van der Waals surface area contributed by atoms with Crippen molar-refractivity contribution < 1.29 is 5.11 Å². The molecule has 0 aromatic heterocycles. The maximum atomic E-state index is 9.28. The van der Waals surface area contributed by atoms with Gasteiger partial charge in [0.1, 0.15) is 0 Å². The third-order valence-corrected chi connectivity index (χ3v) is 3.51. The molecule has 0 fully saturated rings. The second-order valence-corrected chi connectivity index (χ2v) is 5.01. The Bertz CT molecular complexity index is 310. The third kappa shape index (κ3) is 3.50. The smallest absolute Gasteiger partial charge is 0.0501 e. The number of nitrogens with one attached hydrogen (secondary N) is 1. The van der Waals surface area contributed by atoms with Crippen LogP contribution in [0.5, 0.6) is 0 Å². The van der Waals surface area contributed by atoms with Gasteiger partial charge in [-0.3, -0.25) is 0 Å². The van der Waals surface area contributed by atoms with Crippen LogP contribution in [0, 0.1) is 5.41 Å². The van der Waals surface area contributed by atoms with Crippen molar-refractivity contribution in [1.82, 2.24) is 0 Å². The molecule has 2 nitrogen and oxygen atoms in total. The van der Waals surface area contributed by atoms with Gasteiger partial charge in [0.2, 0.25) is 0 Å². The molecule has 0 bridgehead atoms. The fraction of sp³-hybridized carbons (Fsp3) is 0.500. The summed E-state index contributed by atoms with van der Waals surface area (Å²) in [6.07, 6.45) is 0.959. The van der Waals surface area contributed by atoms with Crippen molar-refractivity contribution in [3.63, 3.8) is 0 Å². The monoisotopic (exact) mass is 271 g/mol. The van der Waals surface area contributed by atoms with E-state index >= 15 is 0 Å². The van der Waals surface area contributed by atoms with Crippen molar-refractivity contribution >= 4 is 21.6 Å². The highest BCUT2D eigenvalue weighted by Gasteiger charge is 2.20. The minimum atomic E-state index is -0.0463. The van der Waals surface area contributed by atoms with E-state index < -0.39 is 0 Å². The first-order valence-electron chi connectivity index (χ1n) is 5.20. The van der Waals surface area contributed by atoms with Crippen molar-refractivity contribution in [1.29, 1.82) is 0 Å². The molecule has 84 valence electrons. The van der Waals surface area contributed by atoms with Crippen LogP contribution in [0.25, 0.3) is 0 Å². The van der Waals surface area contributed by atoms with E-state index in [4.69, 9.17) is 0 Å². The topological polar surface area (TPSA) is 32.3 Å². The van der Waals surface area contributed by atoms with Gasteiger partial charge in [0.15, 0.2) is 0 Å². The van der Waals surface area contributed by atoms with E-state index in [1.165, 1.54) is 0 Å². The first-order valence-corrected chi connectivity index (χ1v) is 6.00. The predicted molar refractivity (Wildman–Crippen MR) is 68.1 cm³/mol. The van der Waals surface area contributed by atoms with E-state index in [0.29, 0.717) is 0 Å². The average Bonchev–Trinajstić information content (AvgIpc) is 2.28. The van der Waals surface area contributed by atoms with Crippen LogP contribution in [-0.4, -0.2) is 18.3 Å². The van der Waals surface area contributed by atoms with E-state index in [-0.39, 0.29) is 12.0 Å². The van der Waals surface area contributed by atoms with Gasteiger partial charge in [-0.15, -0.1) is 0 Å². The zero-order chi connectivity index (χ0) is 11.3. The SMILES string of the molecule is CCC(C)(CO)CNc1ccccc1Br. The summed E-state index contributed by atoms with van der Waals surface area (Å²) >= 11 is 3.48. The van der Waals surface area contributed by atoms with E-state index in [0.717, 1.165) is 23.1 Å². The first kappa shape index (κ1) is 12.5. The standard InChI is InChI=1S/C12H18BrNO/c1-3-12(2,9-15)8-14-11-7-5-4-6-10(11)13/h4-7,14-15H,3,8-9H2,1-2H3. The Morgan fingerprint density at radius 3 is 2.60 bits per heavy atom. The van der Waals surface area contributed by atoms with Gasteiger partial charge in [-0.25, -0.2) is 0 Å². The molecular weight excluding hydrogens is 254 g/mol. The number of halogens is 1. The van der Waals surface area contributed by atoms with Crippen LogP contribution in [0.3, 0.4) is 0 Å². The Balaban J connectivity index is 2.61. The zero-order valence-electron chi connectivity index (χ0n) is 9.26. The maximum absolute atomic E-state index is 9.28. The molecule has 3 heteroatoms. The first-order chi connectivity index (χ1) is 7.11. The normalized spacial score (nSPS) is 14.7. The van der Waals surface area contributed by atoms with Crippen molar-refractivity contribution in [3.05, 3.63) is 28.7 Å². The van der Waals surface area contributed by atoms with Gasteiger partial charge in [-0.05, 0) is 34.5 Å². The summed E-state index contributed by atoms with van der Waals surface area (Å²) in [6, 6.07) is 8.01. The van der Waals surface area contributed by atoms with Crippen LogP contribution < -0.4 is 5.32 Å². The lowest BCUT2D eigenvalue weighted by Gasteiger charge is -2.26. The molecule has 1 aromatic rings. The van der Waals surface area contributed by atoms with Crippen molar-refractivity contribution in [3.8, 4) is 0 Å². The molecule has 0 aliphatic carbocycles. The molecule has 0 aliphatic heterocycles. The van der Waals surface area contributed by atoms with Crippen LogP contribution in [0.15, 0.2) is 28.7 Å². The average molecular weight is 272 g/mol. The summed E-state index contributed by atoms with van der Waals surface area (Å²) in [5.41, 5.74) is 1.03. The number of para-hydroxylation sites is 1. The number of aliphatic hydroxyl groups excluding tert-OH is 1.